The normalized spacial score (nSPS) is 14.2. The van der Waals surface area contributed by atoms with Crippen LogP contribution in [0.2, 0.25) is 0 Å². The molecule has 0 amide bonds. The molecule has 0 spiro atoms. The number of nitrogens with zero attached hydrogens (tertiary/aromatic N) is 5. The van der Waals surface area contributed by atoms with E-state index in [1.165, 1.54) is 32.1 Å². The monoisotopic (exact) mass is 512 g/mol. The fourth-order valence-electron chi connectivity index (χ4n) is 5.58. The van der Waals surface area contributed by atoms with Crippen molar-refractivity contribution in [3.8, 4) is 33.8 Å². The highest BCUT2D eigenvalue weighted by Crippen LogP contribution is 2.34. The van der Waals surface area contributed by atoms with Crippen LogP contribution < -0.4 is 5.32 Å². The molecule has 3 N–H and O–H groups in total. The molecule has 8 nitrogen and oxygen atoms in total. The number of hydrogen-bond donors (Lipinski definition) is 3. The van der Waals surface area contributed by atoms with E-state index < -0.39 is 0 Å². The Morgan fingerprint density at radius 2 is 1.74 bits per heavy atom. The van der Waals surface area contributed by atoms with Gasteiger partial charge in [0.1, 0.15) is 0 Å². The second-order valence-electron chi connectivity index (χ2n) is 10.2. The van der Waals surface area contributed by atoms with Gasteiger partial charge >= 0.3 is 0 Å². The molecule has 0 atom stereocenters. The van der Waals surface area contributed by atoms with Gasteiger partial charge in [0, 0.05) is 57.9 Å². The van der Waals surface area contributed by atoms with Gasteiger partial charge in [0.25, 0.3) is 0 Å². The van der Waals surface area contributed by atoms with Crippen molar-refractivity contribution in [3.05, 3.63) is 85.9 Å². The molecule has 6 heterocycles. The highest BCUT2D eigenvalue weighted by molar-refractivity contribution is 6.00. The minimum absolute atomic E-state index is 0.526. The third kappa shape index (κ3) is 4.44. The number of anilines is 1. The van der Waals surface area contributed by atoms with Crippen LogP contribution in [-0.2, 0) is 0 Å². The van der Waals surface area contributed by atoms with Crippen LogP contribution in [-0.4, -0.2) is 35.1 Å². The molecule has 6 aromatic heterocycles. The summed E-state index contributed by atoms with van der Waals surface area (Å²) in [5.74, 6) is 0.526. The zero-order valence-electron chi connectivity index (χ0n) is 21.5. The molecule has 0 unspecified atom stereocenters. The Labute approximate surface area is 225 Å². The summed E-state index contributed by atoms with van der Waals surface area (Å²) in [5.41, 5.74) is 9.20. The highest BCUT2D eigenvalue weighted by atomic mass is 15.2. The summed E-state index contributed by atoms with van der Waals surface area (Å²) in [4.78, 5) is 21.6. The van der Waals surface area contributed by atoms with Gasteiger partial charge in [0.05, 0.1) is 40.7 Å². The molecule has 1 aliphatic rings. The van der Waals surface area contributed by atoms with Gasteiger partial charge in [-0.2, -0.15) is 5.10 Å². The molecule has 39 heavy (non-hydrogen) atoms. The minimum Gasteiger partial charge on any atom is -0.358 e. The van der Waals surface area contributed by atoms with Crippen LogP contribution in [0.3, 0.4) is 0 Å². The standard InChI is InChI=1S/C31H28N8/c1-19(20-7-3-2-4-8-20)36-23-11-21(14-32-16-23)22-12-25-30(38-39-31(25)35-15-22)28-13-24-26(17-33-18-29(24)37-28)27-9-5-6-10-34-27/h5-6,9-18,20,36-37H,1-4,7-8H2,(H,35,38,39). The van der Waals surface area contributed by atoms with Gasteiger partial charge in [-0.3, -0.25) is 20.1 Å². The lowest BCUT2D eigenvalue weighted by atomic mass is 9.87. The fourth-order valence-corrected chi connectivity index (χ4v) is 5.58. The van der Waals surface area contributed by atoms with E-state index in [9.17, 15) is 0 Å². The lowest BCUT2D eigenvalue weighted by Crippen LogP contribution is -2.14. The summed E-state index contributed by atoms with van der Waals surface area (Å²) in [6, 6.07) is 12.2. The molecule has 1 aliphatic carbocycles. The van der Waals surface area contributed by atoms with Crippen LogP contribution in [0.15, 0.2) is 85.9 Å². The van der Waals surface area contributed by atoms with Crippen LogP contribution in [0.25, 0.3) is 55.7 Å². The molecular formula is C31H28N8. The zero-order valence-corrected chi connectivity index (χ0v) is 21.5. The Kier molecular flexibility index (Phi) is 5.85. The van der Waals surface area contributed by atoms with Gasteiger partial charge < -0.3 is 10.3 Å². The van der Waals surface area contributed by atoms with Crippen molar-refractivity contribution >= 4 is 27.6 Å². The Morgan fingerprint density at radius 3 is 2.62 bits per heavy atom. The number of aromatic nitrogens is 7. The van der Waals surface area contributed by atoms with Crippen LogP contribution in [0.5, 0.6) is 0 Å². The summed E-state index contributed by atoms with van der Waals surface area (Å²) in [7, 11) is 0. The first-order valence-electron chi connectivity index (χ1n) is 13.4. The van der Waals surface area contributed by atoms with Gasteiger partial charge in [-0.25, -0.2) is 4.98 Å². The molecule has 1 fully saturated rings. The van der Waals surface area contributed by atoms with E-state index in [-0.39, 0.29) is 0 Å². The highest BCUT2D eigenvalue weighted by Gasteiger charge is 2.18. The summed E-state index contributed by atoms with van der Waals surface area (Å²) < 4.78 is 0. The van der Waals surface area contributed by atoms with Crippen molar-refractivity contribution in [2.45, 2.75) is 32.1 Å². The number of allylic oxidation sites excluding steroid dienone is 1. The SMILES string of the molecule is C=C(Nc1cncc(-c2cnc3n[nH]c(-c4cc5c(-c6ccccn6)cncc5[nH]4)c3c2)c1)C1CCCCC1. The molecule has 0 bridgehead atoms. The Morgan fingerprint density at radius 1 is 0.872 bits per heavy atom. The third-order valence-electron chi connectivity index (χ3n) is 7.64. The van der Waals surface area contributed by atoms with E-state index in [0.29, 0.717) is 11.6 Å². The number of rotatable bonds is 6. The summed E-state index contributed by atoms with van der Waals surface area (Å²) in [6.07, 6.45) is 17.3. The predicted octanol–water partition coefficient (Wildman–Crippen LogP) is 7.13. The van der Waals surface area contributed by atoms with E-state index in [2.05, 4.69) is 65.2 Å². The smallest absolute Gasteiger partial charge is 0.181 e. The third-order valence-corrected chi connectivity index (χ3v) is 7.64. The van der Waals surface area contributed by atoms with E-state index >= 15 is 0 Å². The van der Waals surface area contributed by atoms with Crippen molar-refractivity contribution in [1.82, 2.24) is 35.1 Å². The van der Waals surface area contributed by atoms with Crippen LogP contribution in [0.1, 0.15) is 32.1 Å². The number of hydrogen-bond acceptors (Lipinski definition) is 6. The van der Waals surface area contributed by atoms with E-state index in [1.54, 1.807) is 6.20 Å². The van der Waals surface area contributed by atoms with Crippen LogP contribution in [0.4, 0.5) is 5.69 Å². The fraction of sp³-hybridized carbons (Fsp3) is 0.194. The molecule has 0 radical (unpaired) electrons. The number of nitrogens with one attached hydrogen (secondary N) is 3. The van der Waals surface area contributed by atoms with Gasteiger partial charge in [-0.1, -0.05) is 31.9 Å². The quantitative estimate of drug-likeness (QED) is 0.219. The largest absolute Gasteiger partial charge is 0.358 e. The maximum Gasteiger partial charge on any atom is 0.181 e. The molecule has 0 aromatic carbocycles. The van der Waals surface area contributed by atoms with Crippen molar-refractivity contribution in [3.63, 3.8) is 0 Å². The van der Waals surface area contributed by atoms with Crippen LogP contribution in [0, 0.1) is 5.92 Å². The van der Waals surface area contributed by atoms with Gasteiger partial charge in [0.15, 0.2) is 5.65 Å². The Bertz CT molecular complexity index is 1790. The number of pyridine rings is 4. The summed E-state index contributed by atoms with van der Waals surface area (Å²) in [6.45, 7) is 4.32. The van der Waals surface area contributed by atoms with Crippen LogP contribution >= 0.6 is 0 Å². The molecule has 192 valence electrons. The molecular weight excluding hydrogens is 484 g/mol. The Balaban J connectivity index is 1.23. The molecule has 8 heteroatoms. The zero-order chi connectivity index (χ0) is 26.2. The van der Waals surface area contributed by atoms with E-state index in [1.807, 2.05) is 49.2 Å². The molecule has 7 rings (SSSR count). The topological polar surface area (TPSA) is 108 Å². The Hall–Kier alpha value is -4.85. The maximum atomic E-state index is 4.64. The first-order valence-corrected chi connectivity index (χ1v) is 13.4. The van der Waals surface area contributed by atoms with Crippen molar-refractivity contribution in [2.75, 3.05) is 5.32 Å². The lowest BCUT2D eigenvalue weighted by molar-refractivity contribution is 0.405. The second kappa shape index (κ2) is 9.79. The number of H-pyrrole nitrogens is 2. The lowest BCUT2D eigenvalue weighted by Gasteiger charge is -2.24. The van der Waals surface area contributed by atoms with E-state index in [0.717, 1.165) is 61.4 Å². The summed E-state index contributed by atoms with van der Waals surface area (Å²) in [5, 5.41) is 13.1. The minimum atomic E-state index is 0.526. The average Bonchev–Trinajstić information content (AvgIpc) is 3.62. The van der Waals surface area contributed by atoms with Crippen molar-refractivity contribution < 1.29 is 0 Å². The predicted molar refractivity (Wildman–Crippen MR) is 155 cm³/mol. The first kappa shape index (κ1) is 23.3. The van der Waals surface area contributed by atoms with Crippen molar-refractivity contribution in [2.24, 2.45) is 5.92 Å². The molecule has 6 aromatic rings. The maximum absolute atomic E-state index is 4.64. The first-order chi connectivity index (χ1) is 19.2. The van der Waals surface area contributed by atoms with E-state index in [4.69, 9.17) is 0 Å². The number of fused-ring (bicyclic) bond motifs is 2. The van der Waals surface area contributed by atoms with Gasteiger partial charge in [-0.05, 0) is 49.1 Å². The number of aromatic amines is 2. The second-order valence-corrected chi connectivity index (χ2v) is 10.2. The van der Waals surface area contributed by atoms with Gasteiger partial charge in [0.2, 0.25) is 0 Å². The average molecular weight is 513 g/mol. The summed E-state index contributed by atoms with van der Waals surface area (Å²) >= 11 is 0. The molecule has 0 aliphatic heterocycles. The molecule has 1 saturated carbocycles. The molecule has 0 saturated heterocycles. The van der Waals surface area contributed by atoms with Crippen molar-refractivity contribution in [1.29, 1.82) is 0 Å². The van der Waals surface area contributed by atoms with Gasteiger partial charge in [-0.15, -0.1) is 0 Å².